The van der Waals surface area contributed by atoms with Gasteiger partial charge in [-0.2, -0.15) is 4.98 Å². The molecule has 3 rings (SSSR count). The summed E-state index contributed by atoms with van der Waals surface area (Å²) in [6.07, 6.45) is 2.80. The first kappa shape index (κ1) is 13.8. The average Bonchev–Trinajstić information content (AvgIpc) is 2.95. The largest absolute Gasteiger partial charge is 0.473 e. The molecule has 6 heteroatoms. The van der Waals surface area contributed by atoms with Gasteiger partial charge in [-0.3, -0.25) is 10.3 Å². The summed E-state index contributed by atoms with van der Waals surface area (Å²) in [5, 5.41) is 0. The van der Waals surface area contributed by atoms with Crippen LogP contribution in [0.4, 0.5) is 5.95 Å². The molecule has 0 saturated carbocycles. The van der Waals surface area contributed by atoms with Crippen molar-refractivity contribution in [3.05, 3.63) is 48.2 Å². The van der Waals surface area contributed by atoms with Gasteiger partial charge in [0.15, 0.2) is 0 Å². The van der Waals surface area contributed by atoms with E-state index in [-0.39, 0.29) is 6.10 Å². The van der Waals surface area contributed by atoms with Crippen molar-refractivity contribution >= 4 is 5.95 Å². The number of rotatable bonds is 5. The van der Waals surface area contributed by atoms with Gasteiger partial charge in [0.1, 0.15) is 6.10 Å². The number of nitrogens with zero attached hydrogens (tertiary/aromatic N) is 3. The highest BCUT2D eigenvalue weighted by molar-refractivity contribution is 5.25. The van der Waals surface area contributed by atoms with Gasteiger partial charge in [0, 0.05) is 31.9 Å². The van der Waals surface area contributed by atoms with Gasteiger partial charge < -0.3 is 4.74 Å². The molecule has 1 saturated heterocycles. The van der Waals surface area contributed by atoms with Crippen LogP contribution in [-0.2, 0) is 6.54 Å². The van der Waals surface area contributed by atoms with Gasteiger partial charge in [-0.1, -0.05) is 30.3 Å². The maximum atomic E-state index is 5.90. The number of anilines is 1. The monoisotopic (exact) mass is 285 g/mol. The summed E-state index contributed by atoms with van der Waals surface area (Å²) in [7, 11) is 0. The number of hydrogen-bond donors (Lipinski definition) is 2. The van der Waals surface area contributed by atoms with Crippen LogP contribution in [0.3, 0.4) is 0 Å². The predicted octanol–water partition coefficient (Wildman–Crippen LogP) is 1.42. The van der Waals surface area contributed by atoms with Crippen LogP contribution in [-0.4, -0.2) is 34.1 Å². The van der Waals surface area contributed by atoms with Crippen LogP contribution < -0.4 is 16.0 Å². The second-order valence-corrected chi connectivity index (χ2v) is 5.11. The quantitative estimate of drug-likeness (QED) is 0.639. The SMILES string of the molecule is NNc1nccc(OC2CCN(Cc3ccccc3)C2)n1. The van der Waals surface area contributed by atoms with E-state index in [1.807, 2.05) is 6.07 Å². The van der Waals surface area contributed by atoms with Gasteiger partial charge in [0.2, 0.25) is 11.8 Å². The molecule has 110 valence electrons. The highest BCUT2D eigenvalue weighted by atomic mass is 16.5. The van der Waals surface area contributed by atoms with Gasteiger partial charge in [-0.05, 0) is 12.0 Å². The topological polar surface area (TPSA) is 76.3 Å². The van der Waals surface area contributed by atoms with Gasteiger partial charge in [0.05, 0.1) is 0 Å². The Morgan fingerprint density at radius 2 is 2.14 bits per heavy atom. The predicted molar refractivity (Wildman–Crippen MR) is 80.6 cm³/mol. The lowest BCUT2D eigenvalue weighted by molar-refractivity contribution is 0.191. The first-order valence-electron chi connectivity index (χ1n) is 7.06. The van der Waals surface area contributed by atoms with Gasteiger partial charge in [0.25, 0.3) is 0 Å². The van der Waals surface area contributed by atoms with Gasteiger partial charge in [-0.25, -0.2) is 10.8 Å². The van der Waals surface area contributed by atoms with Crippen LogP contribution in [0.5, 0.6) is 5.88 Å². The van der Waals surface area contributed by atoms with E-state index >= 15 is 0 Å². The Morgan fingerprint density at radius 3 is 2.95 bits per heavy atom. The zero-order chi connectivity index (χ0) is 14.5. The van der Waals surface area contributed by atoms with Gasteiger partial charge >= 0.3 is 0 Å². The number of hydrogen-bond acceptors (Lipinski definition) is 6. The number of hydrazine groups is 1. The lowest BCUT2D eigenvalue weighted by Crippen LogP contribution is -2.25. The normalized spacial score (nSPS) is 18.6. The molecule has 1 unspecified atom stereocenters. The third kappa shape index (κ3) is 3.68. The van der Waals surface area contributed by atoms with Crippen molar-refractivity contribution in [1.82, 2.24) is 14.9 Å². The van der Waals surface area contributed by atoms with Crippen LogP contribution in [0.2, 0.25) is 0 Å². The van der Waals surface area contributed by atoms with Crippen molar-refractivity contribution in [3.63, 3.8) is 0 Å². The third-order valence-corrected chi connectivity index (χ3v) is 3.52. The molecule has 1 aliphatic rings. The lowest BCUT2D eigenvalue weighted by atomic mass is 10.2. The summed E-state index contributed by atoms with van der Waals surface area (Å²) in [5.41, 5.74) is 3.75. The fraction of sp³-hybridized carbons (Fsp3) is 0.333. The van der Waals surface area contributed by atoms with Gasteiger partial charge in [-0.15, -0.1) is 0 Å². The Hall–Kier alpha value is -2.18. The van der Waals surface area contributed by atoms with E-state index in [4.69, 9.17) is 10.6 Å². The third-order valence-electron chi connectivity index (χ3n) is 3.52. The molecule has 1 aromatic heterocycles. The molecule has 0 radical (unpaired) electrons. The van der Waals surface area contributed by atoms with E-state index in [9.17, 15) is 0 Å². The van der Waals surface area contributed by atoms with Crippen LogP contribution in [0.25, 0.3) is 0 Å². The lowest BCUT2D eigenvalue weighted by Gasteiger charge is -2.16. The molecule has 1 atom stereocenters. The molecule has 0 aliphatic carbocycles. The molecule has 2 heterocycles. The van der Waals surface area contributed by atoms with Crippen molar-refractivity contribution in [2.75, 3.05) is 18.5 Å². The Labute approximate surface area is 123 Å². The summed E-state index contributed by atoms with van der Waals surface area (Å²) >= 11 is 0. The maximum Gasteiger partial charge on any atom is 0.240 e. The molecule has 1 fully saturated rings. The highest BCUT2D eigenvalue weighted by Crippen LogP contribution is 2.18. The van der Waals surface area contributed by atoms with E-state index in [0.717, 1.165) is 26.1 Å². The van der Waals surface area contributed by atoms with Crippen LogP contribution in [0.1, 0.15) is 12.0 Å². The number of likely N-dealkylation sites (tertiary alicyclic amines) is 1. The summed E-state index contributed by atoms with van der Waals surface area (Å²) in [4.78, 5) is 10.5. The number of aromatic nitrogens is 2. The van der Waals surface area contributed by atoms with E-state index < -0.39 is 0 Å². The zero-order valence-electron chi connectivity index (χ0n) is 11.8. The van der Waals surface area contributed by atoms with Crippen molar-refractivity contribution in [2.45, 2.75) is 19.1 Å². The molecule has 1 aliphatic heterocycles. The van der Waals surface area contributed by atoms with Crippen molar-refractivity contribution < 1.29 is 4.74 Å². The molecule has 3 N–H and O–H groups in total. The second-order valence-electron chi connectivity index (χ2n) is 5.11. The fourth-order valence-electron chi connectivity index (χ4n) is 2.53. The van der Waals surface area contributed by atoms with E-state index in [2.05, 4.69) is 44.6 Å². The number of nitrogen functional groups attached to an aromatic ring is 1. The maximum absolute atomic E-state index is 5.90. The molecule has 1 aromatic carbocycles. The minimum Gasteiger partial charge on any atom is -0.473 e. The number of nitrogens with one attached hydrogen (secondary N) is 1. The standard InChI is InChI=1S/C15H19N5O/c16-19-15-17-8-6-14(18-15)21-13-7-9-20(11-13)10-12-4-2-1-3-5-12/h1-6,8,13H,7,9-11,16H2,(H,17,18,19). The van der Waals surface area contributed by atoms with Crippen molar-refractivity contribution in [2.24, 2.45) is 5.84 Å². The Morgan fingerprint density at radius 1 is 1.29 bits per heavy atom. The van der Waals surface area contributed by atoms with E-state index in [1.165, 1.54) is 5.56 Å². The summed E-state index contributed by atoms with van der Waals surface area (Å²) < 4.78 is 5.90. The van der Waals surface area contributed by atoms with Crippen molar-refractivity contribution in [1.29, 1.82) is 0 Å². The molecular formula is C15H19N5O. The molecule has 2 aromatic rings. The molecular weight excluding hydrogens is 266 g/mol. The second kappa shape index (κ2) is 6.51. The number of ether oxygens (including phenoxy) is 1. The Bertz CT molecular complexity index is 577. The van der Waals surface area contributed by atoms with Crippen LogP contribution >= 0.6 is 0 Å². The van der Waals surface area contributed by atoms with E-state index in [1.54, 1.807) is 12.3 Å². The number of benzene rings is 1. The average molecular weight is 285 g/mol. The minimum atomic E-state index is 0.161. The Balaban J connectivity index is 1.54. The smallest absolute Gasteiger partial charge is 0.240 e. The Kier molecular flexibility index (Phi) is 4.28. The molecule has 6 nitrogen and oxygen atoms in total. The molecule has 0 amide bonds. The fourth-order valence-corrected chi connectivity index (χ4v) is 2.53. The summed E-state index contributed by atoms with van der Waals surface area (Å²) in [6.45, 7) is 2.90. The van der Waals surface area contributed by atoms with Crippen molar-refractivity contribution in [3.8, 4) is 5.88 Å². The minimum absolute atomic E-state index is 0.161. The molecule has 0 bridgehead atoms. The molecule has 0 spiro atoms. The summed E-state index contributed by atoms with van der Waals surface area (Å²) in [6, 6.07) is 12.2. The zero-order valence-corrected chi connectivity index (χ0v) is 11.8. The van der Waals surface area contributed by atoms with Crippen LogP contribution in [0, 0.1) is 0 Å². The van der Waals surface area contributed by atoms with E-state index in [0.29, 0.717) is 11.8 Å². The molecule has 21 heavy (non-hydrogen) atoms. The number of nitrogens with two attached hydrogens (primary N) is 1. The first-order valence-corrected chi connectivity index (χ1v) is 7.06. The highest BCUT2D eigenvalue weighted by Gasteiger charge is 2.24. The first-order chi connectivity index (χ1) is 10.3. The van der Waals surface area contributed by atoms with Crippen LogP contribution in [0.15, 0.2) is 42.6 Å². The summed E-state index contributed by atoms with van der Waals surface area (Å²) in [5.74, 6) is 6.22.